The Morgan fingerprint density at radius 2 is 2.06 bits per heavy atom. The second-order valence-electron chi connectivity index (χ2n) is 4.08. The van der Waals surface area contributed by atoms with Gasteiger partial charge in [0.05, 0.1) is 11.0 Å². The highest BCUT2D eigenvalue weighted by Crippen LogP contribution is 2.35. The van der Waals surface area contributed by atoms with Gasteiger partial charge in [0.25, 0.3) is 0 Å². The molecule has 0 amide bonds. The molecule has 0 saturated carbocycles. The second-order valence-corrected chi connectivity index (χ2v) is 4.08. The van der Waals surface area contributed by atoms with Crippen LogP contribution in [-0.2, 0) is 0 Å². The first-order valence-electron chi connectivity index (χ1n) is 5.30. The summed E-state index contributed by atoms with van der Waals surface area (Å²) in [5.74, 6) is 0.275. The lowest BCUT2D eigenvalue weighted by molar-refractivity contribution is -0.385. The van der Waals surface area contributed by atoms with Crippen molar-refractivity contribution >= 4 is 11.4 Å². The average molecular weight is 239 g/mol. The van der Waals surface area contributed by atoms with E-state index in [1.54, 1.807) is 37.3 Å². The number of para-hydroxylation sites is 1. The molecule has 1 rings (SSSR count). The normalized spacial score (nSPS) is 10.7. The van der Waals surface area contributed by atoms with Gasteiger partial charge in [-0.1, -0.05) is 6.07 Å². The van der Waals surface area contributed by atoms with Gasteiger partial charge in [0, 0.05) is 14.1 Å². The van der Waals surface area contributed by atoms with E-state index >= 15 is 0 Å². The zero-order valence-corrected chi connectivity index (χ0v) is 10.4. The summed E-state index contributed by atoms with van der Waals surface area (Å²) in [6.45, 7) is 3.66. The minimum absolute atomic E-state index is 0.0464. The van der Waals surface area contributed by atoms with Crippen LogP contribution >= 0.6 is 0 Å². The molecule has 1 aromatic rings. The average Bonchev–Trinajstić information content (AvgIpc) is 2.14. The molecule has 1 aromatic carbocycles. The van der Waals surface area contributed by atoms with Gasteiger partial charge in [-0.15, -0.1) is 0 Å². The number of nitrogens with one attached hydrogen (secondary N) is 1. The van der Waals surface area contributed by atoms with Crippen LogP contribution in [-0.4, -0.2) is 30.1 Å². The van der Waals surface area contributed by atoms with Crippen molar-refractivity contribution in [1.82, 2.24) is 5.01 Å². The highest BCUT2D eigenvalue weighted by Gasteiger charge is 2.21. The van der Waals surface area contributed by atoms with Crippen molar-refractivity contribution in [3.63, 3.8) is 0 Å². The number of ether oxygens (including phenoxy) is 1. The van der Waals surface area contributed by atoms with Crippen LogP contribution in [0.1, 0.15) is 13.8 Å². The molecule has 0 aliphatic rings. The summed E-state index contributed by atoms with van der Waals surface area (Å²) >= 11 is 0. The Kier molecular flexibility index (Phi) is 4.28. The predicted molar refractivity (Wildman–Crippen MR) is 66.2 cm³/mol. The number of benzene rings is 1. The smallest absolute Gasteiger partial charge is 0.335 e. The zero-order chi connectivity index (χ0) is 13.0. The molecule has 0 fully saturated rings. The second kappa shape index (κ2) is 5.49. The third kappa shape index (κ3) is 3.60. The molecule has 0 aromatic heterocycles. The lowest BCUT2D eigenvalue weighted by atomic mass is 10.2. The molecular weight excluding hydrogens is 222 g/mol. The van der Waals surface area contributed by atoms with Crippen LogP contribution < -0.4 is 10.2 Å². The van der Waals surface area contributed by atoms with E-state index < -0.39 is 4.92 Å². The maximum Gasteiger partial charge on any atom is 0.335 e. The van der Waals surface area contributed by atoms with Gasteiger partial charge in [-0.05, 0) is 26.0 Å². The molecule has 6 heteroatoms. The summed E-state index contributed by atoms with van der Waals surface area (Å²) in [5, 5.41) is 12.7. The molecule has 17 heavy (non-hydrogen) atoms. The number of hydrazine groups is 1. The molecule has 0 atom stereocenters. The van der Waals surface area contributed by atoms with E-state index in [1.165, 1.54) is 0 Å². The van der Waals surface area contributed by atoms with Crippen LogP contribution in [0.2, 0.25) is 0 Å². The largest absolute Gasteiger partial charge is 0.484 e. The van der Waals surface area contributed by atoms with Crippen molar-refractivity contribution < 1.29 is 9.66 Å². The number of anilines is 1. The van der Waals surface area contributed by atoms with E-state index in [-0.39, 0.29) is 17.5 Å². The number of hydrogen-bond acceptors (Lipinski definition) is 5. The Morgan fingerprint density at radius 1 is 1.41 bits per heavy atom. The Balaban J connectivity index is 3.17. The fraction of sp³-hybridized carbons (Fsp3) is 0.455. The maximum absolute atomic E-state index is 11.1. The van der Waals surface area contributed by atoms with Gasteiger partial charge in [-0.25, -0.2) is 5.01 Å². The standard InChI is InChI=1S/C11H17N3O3/c1-8(2)17-10-7-5-6-9(12-13(3)4)11(10)14(15)16/h5-8,12H,1-4H3. The number of hydrogen-bond donors (Lipinski definition) is 1. The minimum Gasteiger partial charge on any atom is -0.484 e. The van der Waals surface area contributed by atoms with E-state index in [2.05, 4.69) is 5.43 Å². The molecule has 0 bridgehead atoms. The lowest BCUT2D eigenvalue weighted by Crippen LogP contribution is -2.20. The first-order valence-corrected chi connectivity index (χ1v) is 5.30. The van der Waals surface area contributed by atoms with Crippen LogP contribution in [0.3, 0.4) is 0 Å². The summed E-state index contributed by atoms with van der Waals surface area (Å²) in [5.41, 5.74) is 3.25. The molecule has 0 spiro atoms. The fourth-order valence-corrected chi connectivity index (χ4v) is 1.39. The summed E-state index contributed by atoms with van der Waals surface area (Å²) in [6, 6.07) is 4.96. The van der Waals surface area contributed by atoms with E-state index in [0.29, 0.717) is 5.69 Å². The molecule has 0 saturated heterocycles. The van der Waals surface area contributed by atoms with E-state index in [0.717, 1.165) is 0 Å². The van der Waals surface area contributed by atoms with Crippen LogP contribution in [0, 0.1) is 10.1 Å². The Labute approximate surface area is 100 Å². The molecule has 0 heterocycles. The van der Waals surface area contributed by atoms with Crippen molar-refractivity contribution in [2.24, 2.45) is 0 Å². The van der Waals surface area contributed by atoms with Gasteiger partial charge in [-0.3, -0.25) is 10.1 Å². The monoisotopic (exact) mass is 239 g/mol. The molecule has 1 N–H and O–H groups in total. The highest BCUT2D eigenvalue weighted by atomic mass is 16.6. The van der Waals surface area contributed by atoms with E-state index in [4.69, 9.17) is 4.74 Å². The summed E-state index contributed by atoms with van der Waals surface area (Å²) < 4.78 is 5.43. The fourth-order valence-electron chi connectivity index (χ4n) is 1.39. The molecule has 6 nitrogen and oxygen atoms in total. The first-order chi connectivity index (χ1) is 7.91. The van der Waals surface area contributed by atoms with Gasteiger partial charge in [-0.2, -0.15) is 0 Å². The van der Waals surface area contributed by atoms with Crippen LogP contribution in [0.25, 0.3) is 0 Å². The summed E-state index contributed by atoms with van der Waals surface area (Å²) in [7, 11) is 3.53. The highest BCUT2D eigenvalue weighted by molar-refractivity contribution is 5.68. The van der Waals surface area contributed by atoms with Crippen LogP contribution in [0.4, 0.5) is 11.4 Å². The van der Waals surface area contributed by atoms with Gasteiger partial charge < -0.3 is 10.2 Å². The maximum atomic E-state index is 11.1. The Bertz CT molecular complexity index is 377. The van der Waals surface area contributed by atoms with Crippen molar-refractivity contribution in [3.8, 4) is 5.75 Å². The lowest BCUT2D eigenvalue weighted by Gasteiger charge is -2.16. The van der Waals surface area contributed by atoms with Gasteiger partial charge in [0.15, 0.2) is 5.75 Å². The Morgan fingerprint density at radius 3 is 2.53 bits per heavy atom. The minimum atomic E-state index is -0.441. The number of nitrogens with zero attached hydrogens (tertiary/aromatic N) is 2. The number of nitro benzene ring substituents is 1. The molecule has 0 aliphatic carbocycles. The number of nitro groups is 1. The third-order valence-electron chi connectivity index (χ3n) is 1.89. The first kappa shape index (κ1) is 13.2. The third-order valence-corrected chi connectivity index (χ3v) is 1.89. The Hall–Kier alpha value is -1.82. The molecule has 0 radical (unpaired) electrons. The van der Waals surface area contributed by atoms with Crippen molar-refractivity contribution in [1.29, 1.82) is 0 Å². The van der Waals surface area contributed by atoms with Gasteiger partial charge >= 0.3 is 5.69 Å². The molecule has 0 unspecified atom stereocenters. The van der Waals surface area contributed by atoms with Crippen LogP contribution in [0.5, 0.6) is 5.75 Å². The molecule has 94 valence electrons. The van der Waals surface area contributed by atoms with Crippen molar-refractivity contribution in [2.75, 3.05) is 19.5 Å². The van der Waals surface area contributed by atoms with E-state index in [1.807, 2.05) is 13.8 Å². The molecular formula is C11H17N3O3. The number of rotatable bonds is 5. The van der Waals surface area contributed by atoms with E-state index in [9.17, 15) is 10.1 Å². The van der Waals surface area contributed by atoms with Crippen molar-refractivity contribution in [3.05, 3.63) is 28.3 Å². The zero-order valence-electron chi connectivity index (χ0n) is 10.4. The SMILES string of the molecule is CC(C)Oc1cccc(NN(C)C)c1[N+](=O)[O-]. The van der Waals surface area contributed by atoms with Gasteiger partial charge in [0.1, 0.15) is 5.69 Å². The van der Waals surface area contributed by atoms with Gasteiger partial charge in [0.2, 0.25) is 0 Å². The quantitative estimate of drug-likeness (QED) is 0.630. The summed E-state index contributed by atoms with van der Waals surface area (Å²) in [4.78, 5) is 10.6. The van der Waals surface area contributed by atoms with Crippen LogP contribution in [0.15, 0.2) is 18.2 Å². The topological polar surface area (TPSA) is 67.6 Å². The molecule has 0 aliphatic heterocycles. The predicted octanol–water partition coefficient (Wildman–Crippen LogP) is 2.27. The summed E-state index contributed by atoms with van der Waals surface area (Å²) in [6.07, 6.45) is -0.108. The van der Waals surface area contributed by atoms with Crippen molar-refractivity contribution in [2.45, 2.75) is 20.0 Å².